The first-order chi connectivity index (χ1) is 20.0. The van der Waals surface area contributed by atoms with Crippen LogP contribution in [0.3, 0.4) is 0 Å². The van der Waals surface area contributed by atoms with Crippen molar-refractivity contribution >= 4 is 22.8 Å². The summed E-state index contributed by atoms with van der Waals surface area (Å²) in [4.78, 5) is 44.6. The summed E-state index contributed by atoms with van der Waals surface area (Å²) in [6.07, 6.45) is 1.57. The Bertz CT molecular complexity index is 1770. The zero-order valence-electron chi connectivity index (χ0n) is 22.3. The zero-order chi connectivity index (χ0) is 28.8. The number of rotatable bonds is 9. The van der Waals surface area contributed by atoms with Crippen LogP contribution in [-0.2, 0) is 19.7 Å². The quantitative estimate of drug-likeness (QED) is 0.282. The molecule has 8 nitrogen and oxygen atoms in total. The van der Waals surface area contributed by atoms with Gasteiger partial charge in [0.1, 0.15) is 23.5 Å². The second-order valence-corrected chi connectivity index (χ2v) is 9.29. The Labute approximate surface area is 235 Å². The monoisotopic (exact) mass is 550 g/mol. The summed E-state index contributed by atoms with van der Waals surface area (Å²) < 4.78 is 21.5. The van der Waals surface area contributed by atoms with Crippen molar-refractivity contribution in [3.63, 3.8) is 0 Å². The van der Waals surface area contributed by atoms with Crippen LogP contribution in [0.25, 0.3) is 11.0 Å². The van der Waals surface area contributed by atoms with Crippen LogP contribution in [0.2, 0.25) is 0 Å². The summed E-state index contributed by atoms with van der Waals surface area (Å²) in [6.45, 7) is 0.186. The molecule has 0 saturated carbocycles. The maximum absolute atomic E-state index is 14.0. The second kappa shape index (κ2) is 12.3. The van der Waals surface area contributed by atoms with E-state index in [-0.39, 0.29) is 36.6 Å². The molecule has 0 aliphatic carbocycles. The van der Waals surface area contributed by atoms with Crippen LogP contribution < -0.4 is 20.9 Å². The van der Waals surface area contributed by atoms with Crippen LogP contribution in [0.5, 0.6) is 5.75 Å². The average molecular weight is 551 g/mol. The van der Waals surface area contributed by atoms with Crippen LogP contribution in [0, 0.1) is 5.82 Å². The molecule has 2 amide bonds. The van der Waals surface area contributed by atoms with E-state index in [1.807, 2.05) is 60.7 Å². The first-order valence-electron chi connectivity index (χ1n) is 13.0. The third-order valence-electron chi connectivity index (χ3n) is 6.60. The molecule has 0 aliphatic rings. The number of carbonyl (C=O) groups is 2. The van der Waals surface area contributed by atoms with Crippen LogP contribution >= 0.6 is 0 Å². The summed E-state index contributed by atoms with van der Waals surface area (Å²) in [5.74, 6) is -1.73. The Morgan fingerprint density at radius 3 is 2.32 bits per heavy atom. The molecule has 9 heteroatoms. The van der Waals surface area contributed by atoms with Gasteiger partial charge in [0.25, 0.3) is 17.4 Å². The van der Waals surface area contributed by atoms with Gasteiger partial charge in [-0.2, -0.15) is 0 Å². The third kappa shape index (κ3) is 5.99. The minimum atomic E-state index is -0.709. The summed E-state index contributed by atoms with van der Waals surface area (Å²) in [6, 6.07) is 26.0. The molecule has 0 atom stereocenters. The molecule has 2 N–H and O–H groups in total. The van der Waals surface area contributed by atoms with Gasteiger partial charge in [0, 0.05) is 25.4 Å². The smallest absolute Gasteiger partial charge is 0.268 e. The molecule has 2 heterocycles. The van der Waals surface area contributed by atoms with E-state index in [2.05, 4.69) is 15.6 Å². The van der Waals surface area contributed by atoms with Crippen molar-refractivity contribution in [2.75, 3.05) is 7.05 Å². The lowest BCUT2D eigenvalue weighted by Gasteiger charge is -2.18. The highest BCUT2D eigenvalue weighted by Gasteiger charge is 2.25. The van der Waals surface area contributed by atoms with Gasteiger partial charge in [-0.25, -0.2) is 4.39 Å². The minimum Gasteiger partial charge on any atom is -0.485 e. The molecule has 2 aromatic heterocycles. The molecule has 3 aromatic carbocycles. The highest BCUT2D eigenvalue weighted by atomic mass is 19.1. The molecule has 5 aromatic rings. The highest BCUT2D eigenvalue weighted by Crippen LogP contribution is 2.27. The molecule has 0 bridgehead atoms. The largest absolute Gasteiger partial charge is 0.485 e. The third-order valence-corrected chi connectivity index (χ3v) is 6.60. The number of hydrogen-bond acceptors (Lipinski definition) is 5. The van der Waals surface area contributed by atoms with Gasteiger partial charge in [0.2, 0.25) is 0 Å². The number of benzene rings is 3. The molecule has 0 aliphatic heterocycles. The van der Waals surface area contributed by atoms with Gasteiger partial charge < -0.3 is 19.9 Å². The molecule has 0 unspecified atom stereocenters. The number of carbonyl (C=O) groups excluding carboxylic acids is 2. The van der Waals surface area contributed by atoms with Crippen LogP contribution in [0.4, 0.5) is 4.39 Å². The molecule has 0 saturated heterocycles. The van der Waals surface area contributed by atoms with Crippen LogP contribution in [0.15, 0.2) is 102 Å². The second-order valence-electron chi connectivity index (χ2n) is 9.29. The highest BCUT2D eigenvalue weighted by molar-refractivity contribution is 6.02. The van der Waals surface area contributed by atoms with Gasteiger partial charge in [0.15, 0.2) is 5.75 Å². The molecule has 0 spiro atoms. The van der Waals surface area contributed by atoms with E-state index in [0.717, 1.165) is 17.2 Å². The summed E-state index contributed by atoms with van der Waals surface area (Å²) in [7, 11) is 1.43. The Balaban J connectivity index is 1.59. The van der Waals surface area contributed by atoms with Gasteiger partial charge in [-0.05, 0) is 41.0 Å². The number of aromatic nitrogens is 2. The van der Waals surface area contributed by atoms with Crippen molar-refractivity contribution < 1.29 is 18.7 Å². The summed E-state index contributed by atoms with van der Waals surface area (Å²) >= 11 is 0. The number of ether oxygens (including phenoxy) is 1. The SMILES string of the molecule is CNC(=O)c1cc(F)ccc1CNC(=O)c1c(OCc2ccccc2)c2ncccc2n(Cc2ccccc2)c1=O. The standard InChI is InChI=1S/C32H27FN4O4/c1-34-30(38)25-17-24(33)15-14-23(25)18-36-31(39)27-29(41-20-22-11-6-3-7-12-22)28-26(13-8-16-35-28)37(32(27)40)19-21-9-4-2-5-10-21/h2-17H,18-20H2,1H3,(H,34,38)(H,36,39). The van der Waals surface area contributed by atoms with Gasteiger partial charge in [-0.3, -0.25) is 19.4 Å². The number of nitrogens with zero attached hydrogens (tertiary/aromatic N) is 2. The molecule has 41 heavy (non-hydrogen) atoms. The first-order valence-corrected chi connectivity index (χ1v) is 13.0. The fourth-order valence-corrected chi connectivity index (χ4v) is 4.56. The fraction of sp³-hybridized carbons (Fsp3) is 0.125. The Morgan fingerprint density at radius 2 is 1.61 bits per heavy atom. The van der Waals surface area contributed by atoms with Crippen molar-refractivity contribution in [3.8, 4) is 5.75 Å². The lowest BCUT2D eigenvalue weighted by molar-refractivity contribution is 0.0934. The fourth-order valence-electron chi connectivity index (χ4n) is 4.56. The van der Waals surface area contributed by atoms with Crippen LogP contribution in [0.1, 0.15) is 37.4 Å². The van der Waals surface area contributed by atoms with E-state index in [4.69, 9.17) is 4.74 Å². The van der Waals surface area contributed by atoms with Gasteiger partial charge in [0.05, 0.1) is 12.1 Å². The number of halogens is 1. The molecule has 0 radical (unpaired) electrons. The summed E-state index contributed by atoms with van der Waals surface area (Å²) in [5.41, 5.74) is 2.28. The molecular weight excluding hydrogens is 523 g/mol. The van der Waals surface area contributed by atoms with Gasteiger partial charge >= 0.3 is 0 Å². The van der Waals surface area contributed by atoms with Crippen molar-refractivity contribution in [1.82, 2.24) is 20.2 Å². The number of nitrogens with one attached hydrogen (secondary N) is 2. The van der Waals surface area contributed by atoms with Gasteiger partial charge in [-0.1, -0.05) is 66.7 Å². The number of amides is 2. The minimum absolute atomic E-state index is 0.0573. The van der Waals surface area contributed by atoms with E-state index in [0.29, 0.717) is 16.6 Å². The van der Waals surface area contributed by atoms with E-state index in [1.54, 1.807) is 18.3 Å². The molecule has 206 valence electrons. The van der Waals surface area contributed by atoms with E-state index >= 15 is 0 Å². The molecule has 5 rings (SSSR count). The maximum atomic E-state index is 14.0. The van der Waals surface area contributed by atoms with E-state index in [9.17, 15) is 18.8 Å². The Hall–Kier alpha value is -5.31. The topological polar surface area (TPSA) is 102 Å². The number of hydrogen-bond donors (Lipinski definition) is 2. The molecular formula is C32H27FN4O4. The number of pyridine rings is 2. The first kappa shape index (κ1) is 27.3. The zero-order valence-corrected chi connectivity index (χ0v) is 22.3. The Kier molecular flexibility index (Phi) is 8.15. The van der Waals surface area contributed by atoms with Crippen LogP contribution in [-0.4, -0.2) is 28.4 Å². The van der Waals surface area contributed by atoms with E-state index < -0.39 is 23.2 Å². The normalized spacial score (nSPS) is 10.8. The Morgan fingerprint density at radius 1 is 0.902 bits per heavy atom. The van der Waals surface area contributed by atoms with Crippen molar-refractivity contribution in [2.24, 2.45) is 0 Å². The average Bonchev–Trinajstić information content (AvgIpc) is 3.01. The number of fused-ring (bicyclic) bond motifs is 1. The maximum Gasteiger partial charge on any atom is 0.268 e. The van der Waals surface area contributed by atoms with Crippen molar-refractivity contribution in [1.29, 1.82) is 0 Å². The lowest BCUT2D eigenvalue weighted by atomic mass is 10.1. The predicted molar refractivity (Wildman–Crippen MR) is 153 cm³/mol. The molecule has 0 fully saturated rings. The van der Waals surface area contributed by atoms with E-state index in [1.165, 1.54) is 23.7 Å². The predicted octanol–water partition coefficient (Wildman–Crippen LogP) is 4.45. The van der Waals surface area contributed by atoms with Gasteiger partial charge in [-0.15, -0.1) is 0 Å². The summed E-state index contributed by atoms with van der Waals surface area (Å²) in [5, 5.41) is 5.20. The lowest BCUT2D eigenvalue weighted by Crippen LogP contribution is -2.35. The van der Waals surface area contributed by atoms with Crippen molar-refractivity contribution in [2.45, 2.75) is 19.7 Å². The van der Waals surface area contributed by atoms with Crippen molar-refractivity contribution in [3.05, 3.63) is 141 Å².